The van der Waals surface area contributed by atoms with E-state index in [2.05, 4.69) is 10.6 Å². The number of benzene rings is 1. The second-order valence-corrected chi connectivity index (χ2v) is 7.27. The first-order valence-electron chi connectivity index (χ1n) is 8.24. The summed E-state index contributed by atoms with van der Waals surface area (Å²) in [4.78, 5) is 25.8. The molecule has 0 atom stereocenters. The van der Waals surface area contributed by atoms with Crippen LogP contribution in [-0.2, 0) is 16.0 Å². The van der Waals surface area contributed by atoms with Crippen molar-refractivity contribution in [1.29, 1.82) is 0 Å². The fraction of sp³-hybridized carbons (Fsp3) is 0.556. The standard InChI is InChI=1S/C18H28ClN3O2/c1-5-22(13-17(24)21-18(2,3)4)12-16(23)20-10-9-14-7-6-8-15(19)11-14/h6-8,11H,5,9-10,12-13H2,1-4H3,(H,20,23)(H,21,24). The molecule has 2 amide bonds. The predicted octanol–water partition coefficient (Wildman–Crippen LogP) is 2.24. The Morgan fingerprint density at radius 2 is 1.83 bits per heavy atom. The summed E-state index contributed by atoms with van der Waals surface area (Å²) in [6.07, 6.45) is 0.725. The van der Waals surface area contributed by atoms with E-state index < -0.39 is 0 Å². The van der Waals surface area contributed by atoms with E-state index in [0.717, 1.165) is 12.0 Å². The highest BCUT2D eigenvalue weighted by atomic mass is 35.5. The van der Waals surface area contributed by atoms with Crippen LogP contribution < -0.4 is 10.6 Å². The molecule has 24 heavy (non-hydrogen) atoms. The molecular formula is C18H28ClN3O2. The summed E-state index contributed by atoms with van der Waals surface area (Å²) < 4.78 is 0. The molecule has 0 aliphatic rings. The summed E-state index contributed by atoms with van der Waals surface area (Å²) in [6.45, 7) is 9.35. The van der Waals surface area contributed by atoms with E-state index in [1.165, 1.54) is 0 Å². The van der Waals surface area contributed by atoms with Crippen LogP contribution in [0, 0.1) is 0 Å². The predicted molar refractivity (Wildman–Crippen MR) is 98.2 cm³/mol. The van der Waals surface area contributed by atoms with Crippen molar-refractivity contribution < 1.29 is 9.59 Å². The van der Waals surface area contributed by atoms with Crippen LogP contribution in [0.3, 0.4) is 0 Å². The van der Waals surface area contributed by atoms with Crippen molar-refractivity contribution in [2.75, 3.05) is 26.2 Å². The summed E-state index contributed by atoms with van der Waals surface area (Å²) in [7, 11) is 0. The largest absolute Gasteiger partial charge is 0.355 e. The van der Waals surface area contributed by atoms with Gasteiger partial charge in [-0.15, -0.1) is 0 Å². The van der Waals surface area contributed by atoms with Gasteiger partial charge in [0.2, 0.25) is 11.8 Å². The average Bonchev–Trinajstić information content (AvgIpc) is 2.44. The number of nitrogens with zero attached hydrogens (tertiary/aromatic N) is 1. The zero-order chi connectivity index (χ0) is 18.2. The first kappa shape index (κ1) is 20.5. The van der Waals surface area contributed by atoms with Crippen molar-refractivity contribution in [2.45, 2.75) is 39.7 Å². The maximum Gasteiger partial charge on any atom is 0.234 e. The number of hydrogen-bond acceptors (Lipinski definition) is 3. The molecule has 1 aromatic carbocycles. The highest BCUT2D eigenvalue weighted by molar-refractivity contribution is 6.30. The topological polar surface area (TPSA) is 61.4 Å². The summed E-state index contributed by atoms with van der Waals surface area (Å²) in [6, 6.07) is 7.59. The van der Waals surface area contributed by atoms with Gasteiger partial charge in [-0.25, -0.2) is 0 Å². The van der Waals surface area contributed by atoms with Gasteiger partial charge in [-0.05, 0) is 51.4 Å². The van der Waals surface area contributed by atoms with Gasteiger partial charge in [0, 0.05) is 17.1 Å². The Morgan fingerprint density at radius 3 is 2.42 bits per heavy atom. The maximum absolute atomic E-state index is 12.0. The zero-order valence-corrected chi connectivity index (χ0v) is 15.7. The molecule has 0 unspecified atom stereocenters. The highest BCUT2D eigenvalue weighted by Crippen LogP contribution is 2.10. The Morgan fingerprint density at radius 1 is 1.17 bits per heavy atom. The minimum absolute atomic E-state index is 0.0731. The molecule has 0 saturated heterocycles. The minimum atomic E-state index is -0.268. The van der Waals surface area contributed by atoms with Crippen LogP contribution in [-0.4, -0.2) is 48.4 Å². The fourth-order valence-electron chi connectivity index (χ4n) is 2.24. The molecule has 2 N–H and O–H groups in total. The first-order chi connectivity index (χ1) is 11.2. The number of carbonyl (C=O) groups excluding carboxylic acids is 2. The van der Waals surface area contributed by atoms with Gasteiger partial charge in [-0.3, -0.25) is 14.5 Å². The smallest absolute Gasteiger partial charge is 0.234 e. The fourth-order valence-corrected chi connectivity index (χ4v) is 2.45. The lowest BCUT2D eigenvalue weighted by Gasteiger charge is -2.24. The van der Waals surface area contributed by atoms with Crippen LogP contribution in [0.1, 0.15) is 33.3 Å². The number of halogens is 1. The molecule has 0 aliphatic carbocycles. The third kappa shape index (κ3) is 8.89. The molecule has 0 saturated carbocycles. The van der Waals surface area contributed by atoms with Crippen LogP contribution in [0.5, 0.6) is 0 Å². The molecule has 1 aromatic rings. The Hall–Kier alpha value is -1.59. The first-order valence-corrected chi connectivity index (χ1v) is 8.62. The maximum atomic E-state index is 12.0. The van der Waals surface area contributed by atoms with Gasteiger partial charge >= 0.3 is 0 Å². The molecule has 1 rings (SSSR count). The Labute approximate surface area is 149 Å². The van der Waals surface area contributed by atoms with Crippen LogP contribution in [0.2, 0.25) is 5.02 Å². The van der Waals surface area contributed by atoms with Crippen molar-refractivity contribution in [3.8, 4) is 0 Å². The van der Waals surface area contributed by atoms with E-state index in [1.54, 1.807) is 0 Å². The third-order valence-electron chi connectivity index (χ3n) is 3.32. The number of likely N-dealkylation sites (N-methyl/N-ethyl adjacent to an activating group) is 1. The Bertz CT molecular complexity index is 555. The molecule has 0 radical (unpaired) electrons. The molecule has 0 heterocycles. The monoisotopic (exact) mass is 353 g/mol. The molecule has 6 heteroatoms. The molecule has 0 aromatic heterocycles. The van der Waals surface area contributed by atoms with Crippen LogP contribution in [0.15, 0.2) is 24.3 Å². The van der Waals surface area contributed by atoms with Gasteiger partial charge < -0.3 is 10.6 Å². The van der Waals surface area contributed by atoms with Crippen molar-refractivity contribution in [3.05, 3.63) is 34.9 Å². The normalized spacial score (nSPS) is 11.4. The summed E-state index contributed by atoms with van der Waals surface area (Å²) >= 11 is 5.94. The molecule has 5 nitrogen and oxygen atoms in total. The Kier molecular flexibility index (Phi) is 8.22. The molecule has 0 spiro atoms. The minimum Gasteiger partial charge on any atom is -0.355 e. The number of rotatable bonds is 8. The molecule has 134 valence electrons. The van der Waals surface area contributed by atoms with E-state index in [9.17, 15) is 9.59 Å². The summed E-state index contributed by atoms with van der Waals surface area (Å²) in [5.41, 5.74) is 0.815. The van der Waals surface area contributed by atoms with Gasteiger partial charge in [-0.1, -0.05) is 30.7 Å². The SMILES string of the molecule is CCN(CC(=O)NCCc1cccc(Cl)c1)CC(=O)NC(C)(C)C. The van der Waals surface area contributed by atoms with E-state index >= 15 is 0 Å². The van der Waals surface area contributed by atoms with E-state index in [4.69, 9.17) is 11.6 Å². The number of carbonyl (C=O) groups is 2. The molecular weight excluding hydrogens is 326 g/mol. The summed E-state index contributed by atoms with van der Waals surface area (Å²) in [5, 5.41) is 6.48. The molecule has 0 aliphatic heterocycles. The van der Waals surface area contributed by atoms with Crippen molar-refractivity contribution in [2.24, 2.45) is 0 Å². The number of hydrogen-bond donors (Lipinski definition) is 2. The highest BCUT2D eigenvalue weighted by Gasteiger charge is 2.17. The van der Waals surface area contributed by atoms with Crippen LogP contribution in [0.4, 0.5) is 0 Å². The lowest BCUT2D eigenvalue weighted by atomic mass is 10.1. The van der Waals surface area contributed by atoms with Gasteiger partial charge in [0.05, 0.1) is 13.1 Å². The second kappa shape index (κ2) is 9.64. The van der Waals surface area contributed by atoms with Gasteiger partial charge in [-0.2, -0.15) is 0 Å². The van der Waals surface area contributed by atoms with Gasteiger partial charge in [0.1, 0.15) is 0 Å². The lowest BCUT2D eigenvalue weighted by molar-refractivity contribution is -0.125. The van der Waals surface area contributed by atoms with Gasteiger partial charge in [0.25, 0.3) is 0 Å². The van der Waals surface area contributed by atoms with Crippen LogP contribution >= 0.6 is 11.6 Å². The van der Waals surface area contributed by atoms with Crippen LogP contribution in [0.25, 0.3) is 0 Å². The quantitative estimate of drug-likeness (QED) is 0.753. The van der Waals surface area contributed by atoms with Gasteiger partial charge in [0.15, 0.2) is 0 Å². The van der Waals surface area contributed by atoms with Crippen molar-refractivity contribution in [1.82, 2.24) is 15.5 Å². The lowest BCUT2D eigenvalue weighted by Crippen LogP contribution is -2.48. The van der Waals surface area contributed by atoms with E-state index in [0.29, 0.717) is 18.1 Å². The molecule has 0 fully saturated rings. The van der Waals surface area contributed by atoms with Crippen molar-refractivity contribution in [3.63, 3.8) is 0 Å². The summed E-state index contributed by atoms with van der Waals surface area (Å²) in [5.74, 6) is -0.154. The third-order valence-corrected chi connectivity index (χ3v) is 3.56. The number of amides is 2. The van der Waals surface area contributed by atoms with E-state index in [1.807, 2.05) is 56.9 Å². The number of nitrogens with one attached hydrogen (secondary N) is 2. The average molecular weight is 354 g/mol. The Balaban J connectivity index is 2.35. The van der Waals surface area contributed by atoms with Crippen molar-refractivity contribution >= 4 is 23.4 Å². The second-order valence-electron chi connectivity index (χ2n) is 6.83. The molecule has 0 bridgehead atoms. The zero-order valence-electron chi connectivity index (χ0n) is 15.0. The van der Waals surface area contributed by atoms with E-state index in [-0.39, 0.29) is 30.4 Å².